The van der Waals surface area contributed by atoms with Gasteiger partial charge in [0.2, 0.25) is 0 Å². The molecule has 0 spiro atoms. The summed E-state index contributed by atoms with van der Waals surface area (Å²) in [6.45, 7) is 7.20. The van der Waals surface area contributed by atoms with Gasteiger partial charge in [-0.05, 0) is 0 Å². The van der Waals surface area contributed by atoms with Gasteiger partial charge >= 0.3 is 278 Å². The Bertz CT molecular complexity index is 2310. The minimum absolute atomic E-state index is 0. The van der Waals surface area contributed by atoms with Crippen LogP contribution in [0.3, 0.4) is 0 Å². The molecule has 0 bridgehead atoms. The van der Waals surface area contributed by atoms with E-state index in [0.717, 1.165) is 0 Å². The molecule has 2 unspecified atom stereocenters. The third kappa shape index (κ3) is 5.56. The van der Waals surface area contributed by atoms with Gasteiger partial charge in [0.05, 0.1) is 0 Å². The largest absolute Gasteiger partial charge is 0.147 e. The van der Waals surface area contributed by atoms with E-state index in [4.69, 9.17) is 0 Å². The third-order valence-corrected chi connectivity index (χ3v) is 28.3. The second-order valence-corrected chi connectivity index (χ2v) is 45.1. The smallest absolute Gasteiger partial charge is 0.147 e. The van der Waals surface area contributed by atoms with Crippen LogP contribution in [-0.4, -0.2) is 6.88 Å². The average Bonchev–Trinajstić information content (AvgIpc) is 3.66. The summed E-state index contributed by atoms with van der Waals surface area (Å²) in [5.74, 6) is 0. The van der Waals surface area contributed by atoms with Crippen LogP contribution in [0.1, 0.15) is 47.6 Å². The van der Waals surface area contributed by atoms with Gasteiger partial charge in [-0.3, -0.25) is 0 Å². The second-order valence-electron chi connectivity index (χ2n) is 14.7. The molecular formula is C44H42Cl2SiZr. The summed E-state index contributed by atoms with van der Waals surface area (Å²) >= 11 is -3.86. The molecule has 0 amide bonds. The Labute approximate surface area is 300 Å². The first kappa shape index (κ1) is 34.6. The van der Waals surface area contributed by atoms with E-state index >= 15 is 0 Å². The number of hydrogen-bond acceptors (Lipinski definition) is 0. The summed E-state index contributed by atoms with van der Waals surface area (Å²) in [4.78, 5) is 0. The van der Waals surface area contributed by atoms with Crippen LogP contribution in [0.25, 0.3) is 50.8 Å². The maximum absolute atomic E-state index is 3.86. The van der Waals surface area contributed by atoms with Crippen LogP contribution in [0.4, 0.5) is 0 Å². The fraction of sp³-hybridized carbons (Fsp3) is 0.136. The molecule has 2 aliphatic rings. The van der Waals surface area contributed by atoms with E-state index in [1.54, 1.807) is 5.56 Å². The molecule has 0 aromatic heterocycles. The zero-order valence-corrected chi connectivity index (χ0v) is 33.5. The van der Waals surface area contributed by atoms with Crippen molar-refractivity contribution in [2.45, 2.75) is 30.4 Å². The number of hydrogen-bond donors (Lipinski definition) is 0. The molecule has 0 fully saturated rings. The van der Waals surface area contributed by atoms with E-state index in [1.165, 1.54) is 72.0 Å². The number of fused-ring (bicyclic) bond motifs is 3. The van der Waals surface area contributed by atoms with Crippen molar-refractivity contribution in [3.05, 3.63) is 172 Å². The van der Waals surface area contributed by atoms with E-state index in [0.29, 0.717) is 7.25 Å². The Hall–Kier alpha value is -3.26. The predicted octanol–water partition coefficient (Wildman–Crippen LogP) is 12.4. The minimum atomic E-state index is -3.86. The minimum Gasteiger partial charge on any atom is -0.147 e. The van der Waals surface area contributed by atoms with Gasteiger partial charge < -0.3 is 0 Å². The number of benzene rings is 6. The van der Waals surface area contributed by atoms with Gasteiger partial charge in [-0.1, -0.05) is 0 Å². The van der Waals surface area contributed by atoms with Gasteiger partial charge in [0.25, 0.3) is 0 Å². The molecule has 0 radical (unpaired) electrons. The Morgan fingerprint density at radius 1 is 0.521 bits per heavy atom. The number of aryl methyl sites for hydroxylation is 1. The fourth-order valence-electron chi connectivity index (χ4n) is 8.99. The Kier molecular flexibility index (Phi) is 9.29. The van der Waals surface area contributed by atoms with Crippen LogP contribution < -0.4 is 0 Å². The Morgan fingerprint density at radius 3 is 1.79 bits per heavy atom. The molecule has 240 valence electrons. The zero-order chi connectivity index (χ0) is 31.7. The molecule has 0 saturated carbocycles. The van der Waals surface area contributed by atoms with E-state index in [-0.39, 0.29) is 24.8 Å². The normalized spacial score (nSPS) is 16.7. The van der Waals surface area contributed by atoms with Crippen molar-refractivity contribution in [1.82, 2.24) is 0 Å². The van der Waals surface area contributed by atoms with Crippen LogP contribution in [0.5, 0.6) is 0 Å². The first-order valence-corrected chi connectivity index (χ1v) is 30.2. The molecule has 4 heteroatoms. The zero-order valence-electron chi connectivity index (χ0n) is 28.0. The van der Waals surface area contributed by atoms with Gasteiger partial charge in [-0.25, -0.2) is 0 Å². The van der Waals surface area contributed by atoms with Crippen molar-refractivity contribution in [3.63, 3.8) is 0 Å². The Morgan fingerprint density at radius 2 is 1.12 bits per heavy atom. The molecule has 0 saturated heterocycles. The van der Waals surface area contributed by atoms with Gasteiger partial charge in [0.1, 0.15) is 0 Å². The van der Waals surface area contributed by atoms with E-state index in [9.17, 15) is 0 Å². The maximum atomic E-state index is 2.76. The monoisotopic (exact) mass is 758 g/mol. The molecule has 6 aromatic rings. The second kappa shape index (κ2) is 12.9. The van der Waals surface area contributed by atoms with Crippen molar-refractivity contribution >= 4 is 60.2 Å². The van der Waals surface area contributed by atoms with Crippen molar-refractivity contribution in [2.24, 2.45) is 0 Å². The topological polar surface area (TPSA) is 0 Å². The summed E-state index contributed by atoms with van der Waals surface area (Å²) in [5, 5.41) is 2.61. The molecule has 0 heterocycles. The first-order chi connectivity index (χ1) is 22.2. The van der Waals surface area contributed by atoms with Crippen molar-refractivity contribution in [1.29, 1.82) is 0 Å². The molecule has 8 rings (SSSR count). The van der Waals surface area contributed by atoms with Gasteiger partial charge in [-0.2, -0.15) is 0 Å². The number of rotatable bonds is 5. The molecular weight excluding hydrogens is 719 g/mol. The molecule has 48 heavy (non-hydrogen) atoms. The third-order valence-electron chi connectivity index (χ3n) is 10.8. The molecule has 6 aromatic carbocycles. The fourth-order valence-corrected chi connectivity index (χ4v) is 28.9. The SMILES string of the molecule is CC1=Cc2c(-c3ccccc3)ccc(C)c2[CH]1[Zr]([CH3])([CH3])(=[SiH2])[CH]1C(c2ccc3ccccc3c2)=Cc2c(-c3ccccc3)cccc21.Cl.Cl. The van der Waals surface area contributed by atoms with Crippen LogP contribution >= 0.6 is 24.8 Å². The predicted molar refractivity (Wildman–Crippen MR) is 214 cm³/mol. The molecule has 0 nitrogen and oxygen atoms in total. The van der Waals surface area contributed by atoms with Crippen molar-refractivity contribution in [3.8, 4) is 22.3 Å². The van der Waals surface area contributed by atoms with Crippen LogP contribution in [0, 0.1) is 6.92 Å². The molecule has 0 N–H and O–H groups in total. The van der Waals surface area contributed by atoms with Crippen molar-refractivity contribution < 1.29 is 17.4 Å². The van der Waals surface area contributed by atoms with E-state index < -0.39 is 17.4 Å². The standard InChI is InChI=1S/C25H17.C17H15.2CH3.2ClH.H2Si.Zr/c1-2-8-19(9-3-1)24-12-6-11-22-16-23(17-25(22)24)21-14-13-18-7-4-5-10-20(18)15-21;1-12-10-16-13(2)8-9-15(17(16)11-12)14-6-4-3-5-7-14;;;;;;/h1-17H;3-11H,1-2H3;2*1H3;2*1H;1H2;. The molecule has 2 atom stereocenters. The van der Waals surface area contributed by atoms with Crippen molar-refractivity contribution in [2.75, 3.05) is 0 Å². The maximum Gasteiger partial charge on any atom is -0.147 e. The average molecular weight is 761 g/mol. The molecule has 2 aliphatic carbocycles. The summed E-state index contributed by atoms with van der Waals surface area (Å²) < 4.78 is 6.36. The first-order valence-electron chi connectivity index (χ1n) is 16.5. The summed E-state index contributed by atoms with van der Waals surface area (Å²) in [6, 6.07) is 49.7. The van der Waals surface area contributed by atoms with Crippen LogP contribution in [-0.2, 0) is 17.4 Å². The van der Waals surface area contributed by atoms with E-state index in [1.807, 2.05) is 0 Å². The van der Waals surface area contributed by atoms with Crippen LogP contribution in [0.2, 0.25) is 9.26 Å². The summed E-state index contributed by atoms with van der Waals surface area (Å²) in [5.41, 5.74) is 17.1. The summed E-state index contributed by atoms with van der Waals surface area (Å²) in [6.07, 6.45) is 5.11. The van der Waals surface area contributed by atoms with Gasteiger partial charge in [0, 0.05) is 0 Å². The number of halogens is 2. The molecule has 0 aliphatic heterocycles. The Balaban J connectivity index is 0.00000201. The number of allylic oxidation sites excluding steroid dienone is 2. The van der Waals surface area contributed by atoms with Gasteiger partial charge in [0.15, 0.2) is 0 Å². The van der Waals surface area contributed by atoms with Gasteiger partial charge in [-0.15, -0.1) is 24.8 Å². The quantitative estimate of drug-likeness (QED) is 0.154. The van der Waals surface area contributed by atoms with E-state index in [2.05, 4.69) is 176 Å². The summed E-state index contributed by atoms with van der Waals surface area (Å²) in [7, 11) is 0. The van der Waals surface area contributed by atoms with Crippen LogP contribution in [0.15, 0.2) is 139 Å².